The Bertz CT molecular complexity index is 1580. The Kier molecular flexibility index (Phi) is 8.17. The highest BCUT2D eigenvalue weighted by Gasteiger charge is 2.40. The van der Waals surface area contributed by atoms with Gasteiger partial charge in [0, 0.05) is 45.8 Å². The molecule has 1 aliphatic rings. The van der Waals surface area contributed by atoms with Crippen molar-refractivity contribution in [3.8, 4) is 11.4 Å². The van der Waals surface area contributed by atoms with Gasteiger partial charge in [-0.15, -0.1) is 0 Å². The summed E-state index contributed by atoms with van der Waals surface area (Å²) in [7, 11) is 1.49. The number of amides is 2. The van der Waals surface area contributed by atoms with E-state index in [1.807, 2.05) is 30.3 Å². The van der Waals surface area contributed by atoms with Crippen LogP contribution < -0.4 is 10.6 Å². The maximum absolute atomic E-state index is 13.6. The number of anilines is 1. The van der Waals surface area contributed by atoms with Crippen molar-refractivity contribution in [3.63, 3.8) is 0 Å². The van der Waals surface area contributed by atoms with Crippen LogP contribution in [0.5, 0.6) is 0 Å². The topological polar surface area (TPSA) is 112 Å². The number of hydrogen-bond acceptors (Lipinski definition) is 6. The van der Waals surface area contributed by atoms with Gasteiger partial charge in [0.2, 0.25) is 5.91 Å². The number of aromatic amines is 1. The summed E-state index contributed by atoms with van der Waals surface area (Å²) >= 11 is 0. The van der Waals surface area contributed by atoms with Crippen LogP contribution in [0.4, 0.5) is 19.0 Å². The number of nitrogens with zero attached hydrogens (tertiary/aromatic N) is 3. The molecule has 1 aliphatic heterocycles. The normalized spacial score (nSPS) is 15.0. The van der Waals surface area contributed by atoms with Gasteiger partial charge in [-0.05, 0) is 36.6 Å². The van der Waals surface area contributed by atoms with E-state index >= 15 is 0 Å². The summed E-state index contributed by atoms with van der Waals surface area (Å²) < 4.78 is 45.8. The predicted molar refractivity (Wildman–Crippen MR) is 152 cm³/mol. The molecule has 5 rings (SSSR count). The first-order chi connectivity index (χ1) is 20.1. The van der Waals surface area contributed by atoms with E-state index in [1.165, 1.54) is 20.1 Å². The largest absolute Gasteiger partial charge is 0.416 e. The fourth-order valence-corrected chi connectivity index (χ4v) is 5.23. The standard InChI is InChI=1S/C30H31F3N6O3/c1-19(40)34-13-14-35-26-23-18-24(36-27(23)38-25(37-26)20-7-4-3-5-8-20)28(41)39-15-11-29(42-2,12-16-39)21-9-6-10-22(17-21)30(31,32)33/h3-10,17-18H,11-16H2,1-2H3,(H,34,40)(H2,35,36,37,38). The third-order valence-electron chi connectivity index (χ3n) is 7.51. The number of ether oxygens (including phenoxy) is 1. The minimum Gasteiger partial charge on any atom is -0.373 e. The zero-order chi connectivity index (χ0) is 29.9. The molecule has 2 aromatic heterocycles. The molecule has 12 heteroatoms. The van der Waals surface area contributed by atoms with Crippen molar-refractivity contribution in [3.05, 3.63) is 77.5 Å². The Hall–Kier alpha value is -4.45. The van der Waals surface area contributed by atoms with E-state index in [4.69, 9.17) is 4.74 Å². The van der Waals surface area contributed by atoms with E-state index < -0.39 is 17.3 Å². The van der Waals surface area contributed by atoms with Crippen molar-refractivity contribution in [2.24, 2.45) is 0 Å². The number of methoxy groups -OCH3 is 1. The Morgan fingerprint density at radius 3 is 2.43 bits per heavy atom. The minimum atomic E-state index is -4.46. The molecule has 3 heterocycles. The van der Waals surface area contributed by atoms with E-state index in [0.29, 0.717) is 73.0 Å². The highest BCUT2D eigenvalue weighted by Crippen LogP contribution is 2.39. The fourth-order valence-electron chi connectivity index (χ4n) is 5.23. The average molecular weight is 581 g/mol. The minimum absolute atomic E-state index is 0.142. The maximum Gasteiger partial charge on any atom is 0.416 e. The number of carbonyl (C=O) groups is 2. The van der Waals surface area contributed by atoms with Crippen molar-refractivity contribution < 1.29 is 27.5 Å². The number of benzene rings is 2. The molecule has 220 valence electrons. The molecule has 1 fully saturated rings. The molecule has 0 aliphatic carbocycles. The lowest BCUT2D eigenvalue weighted by molar-refractivity contribution is -0.138. The van der Waals surface area contributed by atoms with Crippen LogP contribution in [0.3, 0.4) is 0 Å². The molecule has 2 amide bonds. The van der Waals surface area contributed by atoms with Gasteiger partial charge in [0.25, 0.3) is 5.91 Å². The number of rotatable bonds is 8. The molecule has 2 aromatic carbocycles. The van der Waals surface area contributed by atoms with E-state index in [0.717, 1.165) is 17.7 Å². The number of piperidine rings is 1. The Labute approximate surface area is 240 Å². The smallest absolute Gasteiger partial charge is 0.373 e. The summed E-state index contributed by atoms with van der Waals surface area (Å²) in [6, 6.07) is 16.3. The lowest BCUT2D eigenvalue weighted by Gasteiger charge is -2.41. The molecule has 42 heavy (non-hydrogen) atoms. The van der Waals surface area contributed by atoms with Gasteiger partial charge in [-0.2, -0.15) is 13.2 Å². The fraction of sp³-hybridized carbons (Fsp3) is 0.333. The van der Waals surface area contributed by atoms with Gasteiger partial charge in [-0.1, -0.05) is 42.5 Å². The van der Waals surface area contributed by atoms with Crippen molar-refractivity contribution in [1.82, 2.24) is 25.2 Å². The second-order valence-corrected chi connectivity index (χ2v) is 10.2. The number of aromatic nitrogens is 3. The number of fused-ring (bicyclic) bond motifs is 1. The zero-order valence-electron chi connectivity index (χ0n) is 23.2. The highest BCUT2D eigenvalue weighted by atomic mass is 19.4. The summed E-state index contributed by atoms with van der Waals surface area (Å²) in [6.07, 6.45) is -3.78. The molecule has 0 saturated carbocycles. The molecule has 3 N–H and O–H groups in total. The van der Waals surface area contributed by atoms with Gasteiger partial charge in [0.1, 0.15) is 17.2 Å². The van der Waals surface area contributed by atoms with Gasteiger partial charge in [-0.3, -0.25) is 9.59 Å². The third kappa shape index (κ3) is 6.08. The summed E-state index contributed by atoms with van der Waals surface area (Å²) in [6.45, 7) is 2.83. The first-order valence-electron chi connectivity index (χ1n) is 13.6. The number of hydrogen-bond donors (Lipinski definition) is 3. The van der Waals surface area contributed by atoms with Crippen molar-refractivity contribution >= 4 is 28.7 Å². The Morgan fingerprint density at radius 2 is 1.76 bits per heavy atom. The summed E-state index contributed by atoms with van der Waals surface area (Å²) in [5, 5.41) is 6.58. The molecule has 9 nitrogen and oxygen atoms in total. The second kappa shape index (κ2) is 11.8. The number of halogens is 3. The Morgan fingerprint density at radius 1 is 1.02 bits per heavy atom. The average Bonchev–Trinajstić information content (AvgIpc) is 3.43. The molecule has 0 bridgehead atoms. The van der Waals surface area contributed by atoms with Crippen LogP contribution in [0.25, 0.3) is 22.4 Å². The molecule has 4 aromatic rings. The SMILES string of the molecule is COC1(c2cccc(C(F)(F)F)c2)CCN(C(=O)c2cc3c(NCCNC(C)=O)nc(-c4ccccc4)nc3[nH]2)CC1. The van der Waals surface area contributed by atoms with Gasteiger partial charge in [0.15, 0.2) is 5.82 Å². The van der Waals surface area contributed by atoms with Gasteiger partial charge in [0.05, 0.1) is 16.6 Å². The predicted octanol–water partition coefficient (Wildman–Crippen LogP) is 4.97. The van der Waals surface area contributed by atoms with Crippen LogP contribution in [0.2, 0.25) is 0 Å². The lowest BCUT2D eigenvalue weighted by atomic mass is 9.83. The van der Waals surface area contributed by atoms with Gasteiger partial charge in [-0.25, -0.2) is 9.97 Å². The number of likely N-dealkylation sites (tertiary alicyclic amines) is 1. The van der Waals surface area contributed by atoms with Crippen LogP contribution in [-0.2, 0) is 21.3 Å². The zero-order valence-corrected chi connectivity index (χ0v) is 23.2. The van der Waals surface area contributed by atoms with Crippen molar-refractivity contribution in [2.45, 2.75) is 31.5 Å². The van der Waals surface area contributed by atoms with E-state index in [9.17, 15) is 22.8 Å². The van der Waals surface area contributed by atoms with Crippen LogP contribution in [0.15, 0.2) is 60.7 Å². The summed E-state index contributed by atoms with van der Waals surface area (Å²) in [5.74, 6) is 0.583. The van der Waals surface area contributed by atoms with Crippen molar-refractivity contribution in [2.75, 3.05) is 38.6 Å². The second-order valence-electron chi connectivity index (χ2n) is 10.2. The van der Waals surface area contributed by atoms with Crippen LogP contribution in [-0.4, -0.2) is 65.0 Å². The van der Waals surface area contributed by atoms with Gasteiger partial charge < -0.3 is 25.3 Å². The number of carbonyl (C=O) groups excluding carboxylic acids is 2. The first kappa shape index (κ1) is 29.1. The highest BCUT2D eigenvalue weighted by molar-refractivity contribution is 6.00. The van der Waals surface area contributed by atoms with Gasteiger partial charge >= 0.3 is 6.18 Å². The molecular formula is C30H31F3N6O3. The molecule has 0 radical (unpaired) electrons. The third-order valence-corrected chi connectivity index (χ3v) is 7.51. The van der Waals surface area contributed by atoms with Crippen molar-refractivity contribution in [1.29, 1.82) is 0 Å². The quantitative estimate of drug-likeness (QED) is 0.254. The molecule has 1 saturated heterocycles. The van der Waals surface area contributed by atoms with E-state index in [-0.39, 0.29) is 11.8 Å². The first-order valence-corrected chi connectivity index (χ1v) is 13.6. The molecule has 0 unspecified atom stereocenters. The maximum atomic E-state index is 13.6. The van der Waals surface area contributed by atoms with E-state index in [2.05, 4.69) is 25.6 Å². The molecule has 0 atom stereocenters. The number of nitrogens with one attached hydrogen (secondary N) is 3. The van der Waals surface area contributed by atoms with Crippen LogP contribution in [0, 0.1) is 0 Å². The van der Waals surface area contributed by atoms with E-state index in [1.54, 1.807) is 17.0 Å². The lowest BCUT2D eigenvalue weighted by Crippen LogP contribution is -2.46. The number of H-pyrrole nitrogens is 1. The monoisotopic (exact) mass is 580 g/mol. The summed E-state index contributed by atoms with van der Waals surface area (Å²) in [4.78, 5) is 39.0. The Balaban J connectivity index is 1.38. The molecule has 0 spiro atoms. The molecular weight excluding hydrogens is 549 g/mol. The van der Waals surface area contributed by atoms with Crippen LogP contribution in [0.1, 0.15) is 41.4 Å². The number of alkyl halides is 3. The van der Waals surface area contributed by atoms with Crippen LogP contribution >= 0.6 is 0 Å². The summed E-state index contributed by atoms with van der Waals surface area (Å²) in [5.41, 5.74) is 0.370.